The molecule has 6 aromatic carbocycles. The highest BCUT2D eigenvalue weighted by molar-refractivity contribution is 6.11. The van der Waals surface area contributed by atoms with Crippen LogP contribution in [0.1, 0.15) is 0 Å². The van der Waals surface area contributed by atoms with Gasteiger partial charge in [-0.15, -0.1) is 0 Å². The molecule has 5 heteroatoms. The van der Waals surface area contributed by atoms with Crippen LogP contribution < -0.4 is 4.90 Å². The fourth-order valence-corrected chi connectivity index (χ4v) is 6.90. The van der Waals surface area contributed by atoms with Crippen molar-refractivity contribution in [1.29, 1.82) is 0 Å². The maximum absolute atomic E-state index is 5.03. The summed E-state index contributed by atoms with van der Waals surface area (Å²) >= 11 is 0. The van der Waals surface area contributed by atoms with Crippen molar-refractivity contribution in [1.82, 2.24) is 19.0 Å². The third-order valence-electron chi connectivity index (χ3n) is 9.19. The van der Waals surface area contributed by atoms with E-state index < -0.39 is 0 Å². The lowest BCUT2D eigenvalue weighted by atomic mass is 9.99. The first-order valence-electron chi connectivity index (χ1n) is 15.4. The van der Waals surface area contributed by atoms with Gasteiger partial charge in [-0.25, -0.2) is 4.98 Å². The van der Waals surface area contributed by atoms with Gasteiger partial charge in [0.05, 0.1) is 28.7 Å². The number of hydrogen-bond acceptors (Lipinski definition) is 3. The summed E-state index contributed by atoms with van der Waals surface area (Å²) in [5, 5.41) is 4.97. The number of nitrogens with zero attached hydrogens (tertiary/aromatic N) is 5. The van der Waals surface area contributed by atoms with Gasteiger partial charge in [-0.2, -0.15) is 0 Å². The van der Waals surface area contributed by atoms with E-state index in [0.29, 0.717) is 0 Å². The Balaban J connectivity index is 1.27. The summed E-state index contributed by atoms with van der Waals surface area (Å²) < 4.78 is 4.60. The van der Waals surface area contributed by atoms with E-state index in [2.05, 4.69) is 167 Å². The molecule has 8 aromatic rings. The monoisotopic (exact) mass is 581 g/mol. The quantitative estimate of drug-likeness (QED) is 0.207. The summed E-state index contributed by atoms with van der Waals surface area (Å²) in [6.07, 6.45) is 4.26. The molecule has 2 aromatic heterocycles. The molecule has 0 saturated carbocycles. The molecule has 0 spiro atoms. The minimum absolute atomic E-state index is 0.836. The molecule has 0 unspecified atom stereocenters. The number of imidazole rings is 1. The molecular weight excluding hydrogens is 550 g/mol. The van der Waals surface area contributed by atoms with Crippen molar-refractivity contribution >= 4 is 49.3 Å². The van der Waals surface area contributed by atoms with Gasteiger partial charge in [0.15, 0.2) is 0 Å². The highest BCUT2D eigenvalue weighted by Gasteiger charge is 2.18. The summed E-state index contributed by atoms with van der Waals surface area (Å²) in [7, 11) is 4.20. The SMILES string of the molecule is CN1C=CN(c2cccc(-n3c4ccc(-c5ccc6ccccc6c5)cc4c4ccc(-c5nc6ccccc6n5C)cc43)c2)C1. The van der Waals surface area contributed by atoms with Gasteiger partial charge in [-0.1, -0.05) is 72.8 Å². The number of para-hydroxylation sites is 2. The van der Waals surface area contributed by atoms with E-state index in [1.54, 1.807) is 0 Å². The summed E-state index contributed by atoms with van der Waals surface area (Å²) in [4.78, 5) is 9.50. The Kier molecular flexibility index (Phi) is 5.62. The first kappa shape index (κ1) is 25.7. The lowest BCUT2D eigenvalue weighted by Gasteiger charge is -2.19. The molecule has 9 rings (SSSR count). The van der Waals surface area contributed by atoms with E-state index in [1.165, 1.54) is 43.9 Å². The van der Waals surface area contributed by atoms with Gasteiger partial charge in [0.25, 0.3) is 0 Å². The number of anilines is 1. The number of benzene rings is 6. The molecular formula is C40H31N5. The molecule has 0 aliphatic carbocycles. The third kappa shape index (κ3) is 4.12. The molecule has 0 fully saturated rings. The van der Waals surface area contributed by atoms with Crippen molar-refractivity contribution in [2.75, 3.05) is 18.6 Å². The number of hydrogen-bond donors (Lipinski definition) is 0. The Morgan fingerprint density at radius 1 is 0.533 bits per heavy atom. The Hall–Kier alpha value is -5.81. The second-order valence-corrected chi connectivity index (χ2v) is 12.0. The van der Waals surface area contributed by atoms with Gasteiger partial charge in [-0.05, 0) is 76.5 Å². The number of rotatable bonds is 4. The van der Waals surface area contributed by atoms with E-state index in [-0.39, 0.29) is 0 Å². The smallest absolute Gasteiger partial charge is 0.140 e. The van der Waals surface area contributed by atoms with Crippen molar-refractivity contribution in [3.8, 4) is 28.2 Å². The van der Waals surface area contributed by atoms with Crippen LogP contribution in [0.2, 0.25) is 0 Å². The van der Waals surface area contributed by atoms with Crippen molar-refractivity contribution in [3.05, 3.63) is 140 Å². The molecule has 0 saturated heterocycles. The van der Waals surface area contributed by atoms with E-state index in [1.807, 2.05) is 6.07 Å². The van der Waals surface area contributed by atoms with E-state index in [4.69, 9.17) is 4.98 Å². The minimum atomic E-state index is 0.836. The lowest BCUT2D eigenvalue weighted by molar-refractivity contribution is 0.496. The number of fused-ring (bicyclic) bond motifs is 5. The molecule has 0 radical (unpaired) electrons. The predicted octanol–water partition coefficient (Wildman–Crippen LogP) is 9.34. The lowest BCUT2D eigenvalue weighted by Crippen LogP contribution is -2.21. The van der Waals surface area contributed by atoms with Gasteiger partial charge in [0.2, 0.25) is 0 Å². The first-order chi connectivity index (χ1) is 22.1. The number of aromatic nitrogens is 3. The van der Waals surface area contributed by atoms with Crippen LogP contribution in [0.5, 0.6) is 0 Å². The summed E-state index contributed by atoms with van der Waals surface area (Å²) in [6, 6.07) is 46.2. The second kappa shape index (κ2) is 9.86. The molecule has 1 aliphatic rings. The molecule has 0 bridgehead atoms. The summed E-state index contributed by atoms with van der Waals surface area (Å²) in [6.45, 7) is 0.836. The van der Waals surface area contributed by atoms with Gasteiger partial charge >= 0.3 is 0 Å². The predicted molar refractivity (Wildman–Crippen MR) is 188 cm³/mol. The maximum Gasteiger partial charge on any atom is 0.140 e. The Morgan fingerprint density at radius 2 is 1.31 bits per heavy atom. The molecule has 5 nitrogen and oxygen atoms in total. The zero-order chi connectivity index (χ0) is 30.1. The largest absolute Gasteiger partial charge is 0.361 e. The van der Waals surface area contributed by atoms with Crippen molar-refractivity contribution in [2.45, 2.75) is 0 Å². The van der Waals surface area contributed by atoms with Gasteiger partial charge < -0.3 is 18.9 Å². The molecule has 0 amide bonds. The highest BCUT2D eigenvalue weighted by atomic mass is 15.3. The van der Waals surface area contributed by atoms with Crippen LogP contribution in [0, 0.1) is 0 Å². The van der Waals surface area contributed by atoms with Crippen LogP contribution in [0.25, 0.3) is 71.8 Å². The van der Waals surface area contributed by atoms with Gasteiger partial charge in [0, 0.05) is 54.2 Å². The van der Waals surface area contributed by atoms with Crippen LogP contribution in [0.4, 0.5) is 5.69 Å². The van der Waals surface area contributed by atoms with E-state index in [9.17, 15) is 0 Å². The van der Waals surface area contributed by atoms with E-state index in [0.717, 1.165) is 40.3 Å². The van der Waals surface area contributed by atoms with Crippen molar-refractivity contribution < 1.29 is 0 Å². The molecule has 1 aliphatic heterocycles. The molecule has 3 heterocycles. The van der Waals surface area contributed by atoms with Crippen molar-refractivity contribution in [3.63, 3.8) is 0 Å². The van der Waals surface area contributed by atoms with Crippen molar-refractivity contribution in [2.24, 2.45) is 7.05 Å². The highest BCUT2D eigenvalue weighted by Crippen LogP contribution is 2.38. The fraction of sp³-hybridized carbons (Fsp3) is 0.0750. The molecule has 45 heavy (non-hydrogen) atoms. The summed E-state index contributed by atoms with van der Waals surface area (Å²) in [5.41, 5.74) is 10.3. The number of aryl methyl sites for hydroxylation is 1. The Morgan fingerprint density at radius 3 is 2.18 bits per heavy atom. The normalized spacial score (nSPS) is 13.3. The standard InChI is InChI=1S/C40H31N5/c1-42-20-21-44(26-42)32-10-7-11-33(25-32)45-37-19-17-30(29-15-14-27-8-3-4-9-28(27)22-29)23-35(37)34-18-16-31(24-39(34)45)40-41-36-12-5-6-13-38(36)43(40)2/h3-25H,26H2,1-2H3. The zero-order valence-electron chi connectivity index (χ0n) is 25.2. The van der Waals surface area contributed by atoms with Gasteiger partial charge in [0.1, 0.15) is 5.82 Å². The first-order valence-corrected chi connectivity index (χ1v) is 15.4. The topological polar surface area (TPSA) is 29.2 Å². The van der Waals surface area contributed by atoms with Crippen LogP contribution in [0.15, 0.2) is 140 Å². The third-order valence-corrected chi connectivity index (χ3v) is 9.19. The van der Waals surface area contributed by atoms with Crippen LogP contribution in [0.3, 0.4) is 0 Å². The molecule has 0 atom stereocenters. The fourth-order valence-electron chi connectivity index (χ4n) is 6.90. The van der Waals surface area contributed by atoms with Crippen LogP contribution in [-0.2, 0) is 7.05 Å². The molecule has 0 N–H and O–H groups in total. The van der Waals surface area contributed by atoms with Crippen LogP contribution >= 0.6 is 0 Å². The Bertz CT molecular complexity index is 2460. The zero-order valence-corrected chi connectivity index (χ0v) is 25.2. The molecule has 216 valence electrons. The van der Waals surface area contributed by atoms with E-state index >= 15 is 0 Å². The maximum atomic E-state index is 5.03. The summed E-state index contributed by atoms with van der Waals surface area (Å²) in [5.74, 6) is 0.964. The van der Waals surface area contributed by atoms with Gasteiger partial charge in [-0.3, -0.25) is 0 Å². The Labute approximate surface area is 261 Å². The second-order valence-electron chi connectivity index (χ2n) is 12.0. The van der Waals surface area contributed by atoms with Crippen LogP contribution in [-0.4, -0.2) is 32.7 Å². The average molecular weight is 582 g/mol. The average Bonchev–Trinajstić information content (AvgIpc) is 3.77. The minimum Gasteiger partial charge on any atom is -0.361 e.